The van der Waals surface area contributed by atoms with Gasteiger partial charge in [0.25, 0.3) is 0 Å². The van der Waals surface area contributed by atoms with E-state index in [-0.39, 0.29) is 10.7 Å². The van der Waals surface area contributed by atoms with Gasteiger partial charge in [0.2, 0.25) is 5.91 Å². The number of para-hydroxylation sites is 1. The molecule has 3 nitrogen and oxygen atoms in total. The van der Waals surface area contributed by atoms with Crippen molar-refractivity contribution in [2.45, 2.75) is 11.2 Å². The predicted molar refractivity (Wildman–Crippen MR) is 82.6 cm³/mol. The molecule has 20 heavy (non-hydrogen) atoms. The molecular weight excluding hydrogens is 318 g/mol. The molecule has 0 spiro atoms. The van der Waals surface area contributed by atoms with Crippen molar-refractivity contribution in [3.8, 4) is 11.5 Å². The first-order chi connectivity index (χ1) is 9.74. The van der Waals surface area contributed by atoms with Crippen molar-refractivity contribution in [1.29, 1.82) is 0 Å². The maximum Gasteiger partial charge on any atom is 0.240 e. The topological polar surface area (TPSA) is 29.5 Å². The van der Waals surface area contributed by atoms with E-state index in [9.17, 15) is 4.79 Å². The molecule has 0 N–H and O–H groups in total. The number of anilines is 1. The molecule has 1 aliphatic heterocycles. The Kier molecular flexibility index (Phi) is 3.74. The van der Waals surface area contributed by atoms with Crippen LogP contribution < -0.4 is 9.64 Å². The minimum absolute atomic E-state index is 0.0530. The fourth-order valence-corrected chi connectivity index (χ4v) is 2.67. The first-order valence-corrected chi connectivity index (χ1v) is 7.44. The third-order valence-corrected chi connectivity index (χ3v) is 4.12. The Balaban J connectivity index is 1.73. The van der Waals surface area contributed by atoms with Gasteiger partial charge in [-0.15, -0.1) is 0 Å². The zero-order chi connectivity index (χ0) is 13.9. The number of carbonyl (C=O) groups is 1. The van der Waals surface area contributed by atoms with E-state index in [1.165, 1.54) is 0 Å². The Labute approximate surface area is 126 Å². The van der Waals surface area contributed by atoms with Crippen LogP contribution in [0.3, 0.4) is 0 Å². The summed E-state index contributed by atoms with van der Waals surface area (Å²) in [5, 5.41) is 0. The summed E-state index contributed by atoms with van der Waals surface area (Å²) < 4.78 is 5.73. The summed E-state index contributed by atoms with van der Waals surface area (Å²) in [6.45, 7) is 0.758. The third kappa shape index (κ3) is 2.70. The van der Waals surface area contributed by atoms with Crippen molar-refractivity contribution in [2.75, 3.05) is 11.4 Å². The van der Waals surface area contributed by atoms with E-state index in [1.807, 2.05) is 54.6 Å². The van der Waals surface area contributed by atoms with E-state index in [0.29, 0.717) is 0 Å². The molecule has 3 rings (SSSR count). The lowest BCUT2D eigenvalue weighted by Crippen LogP contribution is -2.26. The second-order valence-electron chi connectivity index (χ2n) is 4.66. The molecule has 1 unspecified atom stereocenters. The van der Waals surface area contributed by atoms with Crippen LogP contribution in [0.4, 0.5) is 5.69 Å². The monoisotopic (exact) mass is 331 g/mol. The van der Waals surface area contributed by atoms with Crippen molar-refractivity contribution < 1.29 is 9.53 Å². The molecule has 4 heteroatoms. The summed E-state index contributed by atoms with van der Waals surface area (Å²) in [6, 6.07) is 17.2. The standard InChI is InChI=1S/C16H14BrNO2/c17-15-10-11-18(16(15)19)12-6-8-14(9-7-12)20-13-4-2-1-3-5-13/h1-9,15H,10-11H2. The number of hydrogen-bond acceptors (Lipinski definition) is 2. The Morgan fingerprint density at radius 2 is 1.65 bits per heavy atom. The summed E-state index contributed by atoms with van der Waals surface area (Å²) in [5.74, 6) is 1.70. The molecule has 1 fully saturated rings. The van der Waals surface area contributed by atoms with Gasteiger partial charge < -0.3 is 9.64 Å². The number of benzene rings is 2. The SMILES string of the molecule is O=C1C(Br)CCN1c1ccc(Oc2ccccc2)cc1. The number of rotatable bonds is 3. The highest BCUT2D eigenvalue weighted by Gasteiger charge is 2.30. The van der Waals surface area contributed by atoms with Crippen LogP contribution in [0.5, 0.6) is 11.5 Å². The van der Waals surface area contributed by atoms with Crippen LogP contribution in [0.1, 0.15) is 6.42 Å². The van der Waals surface area contributed by atoms with Crippen LogP contribution >= 0.6 is 15.9 Å². The first-order valence-electron chi connectivity index (χ1n) is 6.52. The summed E-state index contributed by atoms with van der Waals surface area (Å²) in [7, 11) is 0. The average molecular weight is 332 g/mol. The van der Waals surface area contributed by atoms with Crippen molar-refractivity contribution in [3.63, 3.8) is 0 Å². The number of halogens is 1. The summed E-state index contributed by atoms with van der Waals surface area (Å²) >= 11 is 3.38. The van der Waals surface area contributed by atoms with Crippen LogP contribution in [0.2, 0.25) is 0 Å². The largest absolute Gasteiger partial charge is 0.457 e. The summed E-state index contributed by atoms with van der Waals surface area (Å²) in [5.41, 5.74) is 0.914. The Morgan fingerprint density at radius 1 is 1.00 bits per heavy atom. The van der Waals surface area contributed by atoms with Gasteiger partial charge in [0.1, 0.15) is 11.5 Å². The molecule has 102 valence electrons. The highest BCUT2D eigenvalue weighted by Crippen LogP contribution is 2.28. The maximum absolute atomic E-state index is 11.9. The molecule has 1 amide bonds. The maximum atomic E-state index is 11.9. The van der Waals surface area contributed by atoms with Gasteiger partial charge in [-0.1, -0.05) is 34.1 Å². The lowest BCUT2D eigenvalue weighted by Gasteiger charge is -2.16. The highest BCUT2D eigenvalue weighted by molar-refractivity contribution is 9.10. The average Bonchev–Trinajstić information content (AvgIpc) is 2.81. The smallest absolute Gasteiger partial charge is 0.240 e. The Bertz CT molecular complexity index is 598. The van der Waals surface area contributed by atoms with Crippen molar-refractivity contribution in [1.82, 2.24) is 0 Å². The molecule has 1 aliphatic rings. The number of nitrogens with zero attached hydrogens (tertiary/aromatic N) is 1. The number of carbonyl (C=O) groups excluding carboxylic acids is 1. The predicted octanol–water partition coefficient (Wildman–Crippen LogP) is 3.98. The molecule has 0 bridgehead atoms. The number of amides is 1. The molecule has 2 aromatic carbocycles. The van der Waals surface area contributed by atoms with Crippen LogP contribution in [-0.2, 0) is 4.79 Å². The van der Waals surface area contributed by atoms with Crippen LogP contribution in [-0.4, -0.2) is 17.3 Å². The van der Waals surface area contributed by atoms with Gasteiger partial charge in [0.05, 0.1) is 4.83 Å². The van der Waals surface area contributed by atoms with E-state index >= 15 is 0 Å². The lowest BCUT2D eigenvalue weighted by molar-refractivity contribution is -0.116. The molecule has 2 aromatic rings. The van der Waals surface area contributed by atoms with E-state index in [4.69, 9.17) is 4.74 Å². The van der Waals surface area contributed by atoms with Gasteiger partial charge in [-0.2, -0.15) is 0 Å². The van der Waals surface area contributed by atoms with Crippen LogP contribution in [0.15, 0.2) is 54.6 Å². The minimum atomic E-state index is -0.0530. The molecular formula is C16H14BrNO2. The quantitative estimate of drug-likeness (QED) is 0.796. The van der Waals surface area contributed by atoms with Crippen molar-refractivity contribution >= 4 is 27.5 Å². The first kappa shape index (κ1) is 13.2. The number of ether oxygens (including phenoxy) is 1. The van der Waals surface area contributed by atoms with Gasteiger partial charge in [-0.3, -0.25) is 4.79 Å². The van der Waals surface area contributed by atoms with Gasteiger partial charge in [-0.25, -0.2) is 0 Å². The fourth-order valence-electron chi connectivity index (χ4n) is 2.22. The van der Waals surface area contributed by atoms with Gasteiger partial charge in [0, 0.05) is 12.2 Å². The van der Waals surface area contributed by atoms with Gasteiger partial charge in [0.15, 0.2) is 0 Å². The summed E-state index contributed by atoms with van der Waals surface area (Å²) in [4.78, 5) is 13.7. The highest BCUT2D eigenvalue weighted by atomic mass is 79.9. The van der Waals surface area contributed by atoms with Gasteiger partial charge in [-0.05, 0) is 42.8 Å². The van der Waals surface area contributed by atoms with E-state index in [0.717, 1.165) is 30.2 Å². The zero-order valence-corrected chi connectivity index (χ0v) is 12.4. The van der Waals surface area contributed by atoms with E-state index in [2.05, 4.69) is 15.9 Å². The van der Waals surface area contributed by atoms with Crippen molar-refractivity contribution in [3.05, 3.63) is 54.6 Å². The van der Waals surface area contributed by atoms with Crippen LogP contribution in [0, 0.1) is 0 Å². The summed E-state index contributed by atoms with van der Waals surface area (Å²) in [6.07, 6.45) is 0.848. The molecule has 0 saturated carbocycles. The Hall–Kier alpha value is -1.81. The van der Waals surface area contributed by atoms with Crippen LogP contribution in [0.25, 0.3) is 0 Å². The second kappa shape index (κ2) is 5.67. The molecule has 1 saturated heterocycles. The molecule has 0 radical (unpaired) electrons. The van der Waals surface area contributed by atoms with E-state index < -0.39 is 0 Å². The normalized spacial score (nSPS) is 18.4. The number of hydrogen-bond donors (Lipinski definition) is 0. The molecule has 0 aromatic heterocycles. The van der Waals surface area contributed by atoms with Gasteiger partial charge >= 0.3 is 0 Å². The minimum Gasteiger partial charge on any atom is -0.457 e. The number of alkyl halides is 1. The zero-order valence-electron chi connectivity index (χ0n) is 10.8. The second-order valence-corrected chi connectivity index (χ2v) is 5.76. The Morgan fingerprint density at radius 3 is 2.25 bits per heavy atom. The molecule has 1 heterocycles. The van der Waals surface area contributed by atoms with E-state index in [1.54, 1.807) is 4.90 Å². The fraction of sp³-hybridized carbons (Fsp3) is 0.188. The molecule has 1 atom stereocenters. The lowest BCUT2D eigenvalue weighted by atomic mass is 10.2. The van der Waals surface area contributed by atoms with Crippen molar-refractivity contribution in [2.24, 2.45) is 0 Å². The molecule has 0 aliphatic carbocycles. The third-order valence-electron chi connectivity index (χ3n) is 3.27.